The summed E-state index contributed by atoms with van der Waals surface area (Å²) in [7, 11) is 0. The largest absolute Gasteiger partial charge is 0.458 e. The molecule has 29 heavy (non-hydrogen) atoms. The second-order valence-corrected chi connectivity index (χ2v) is 6.00. The van der Waals surface area contributed by atoms with Crippen molar-refractivity contribution in [3.8, 4) is 0 Å². The molecule has 0 N–H and O–H groups in total. The van der Waals surface area contributed by atoms with Gasteiger partial charge in [0, 0.05) is 30.1 Å². The van der Waals surface area contributed by atoms with Crippen LogP contribution < -0.4 is 0 Å². The molecule has 0 aromatic heterocycles. The van der Waals surface area contributed by atoms with Crippen molar-refractivity contribution in [3.05, 3.63) is 33.0 Å². The second kappa shape index (κ2) is 12.6. The molecular formula is C17H26N6O6. The van der Waals surface area contributed by atoms with E-state index in [1.807, 2.05) is 26.0 Å². The number of ether oxygens (including phenoxy) is 4. The van der Waals surface area contributed by atoms with Gasteiger partial charge >= 0.3 is 11.9 Å². The predicted molar refractivity (Wildman–Crippen MR) is 101 cm³/mol. The summed E-state index contributed by atoms with van der Waals surface area (Å²) in [5.41, 5.74) is 17.7. The zero-order valence-electron chi connectivity index (χ0n) is 16.9. The summed E-state index contributed by atoms with van der Waals surface area (Å²) in [5.74, 6) is -1.30. The van der Waals surface area contributed by atoms with Crippen LogP contribution in [0.5, 0.6) is 0 Å². The number of rotatable bonds is 6. The molecule has 0 saturated heterocycles. The third-order valence-electron chi connectivity index (χ3n) is 4.08. The van der Waals surface area contributed by atoms with Crippen molar-refractivity contribution in [2.75, 3.05) is 6.61 Å². The molecule has 1 aliphatic carbocycles. The summed E-state index contributed by atoms with van der Waals surface area (Å²) in [6.07, 6.45) is 0.374. The second-order valence-electron chi connectivity index (χ2n) is 6.00. The lowest BCUT2D eigenvalue weighted by Gasteiger charge is -2.43. The zero-order valence-corrected chi connectivity index (χ0v) is 16.9. The molecule has 0 spiro atoms. The topological polar surface area (TPSA) is 169 Å². The molecule has 12 nitrogen and oxygen atoms in total. The normalized spacial score (nSPS) is 30.5. The fourth-order valence-electron chi connectivity index (χ4n) is 3.11. The van der Waals surface area contributed by atoms with Crippen molar-refractivity contribution < 1.29 is 28.5 Å². The number of azide groups is 2. The summed E-state index contributed by atoms with van der Waals surface area (Å²) < 4.78 is 22.0. The van der Waals surface area contributed by atoms with E-state index in [1.54, 1.807) is 0 Å². The first-order valence-electron chi connectivity index (χ1n) is 9.31. The van der Waals surface area contributed by atoms with E-state index in [1.165, 1.54) is 13.8 Å². The van der Waals surface area contributed by atoms with Gasteiger partial charge in [-0.05, 0) is 17.5 Å². The molecule has 1 fully saturated rings. The zero-order chi connectivity index (χ0) is 21.8. The van der Waals surface area contributed by atoms with E-state index in [0.29, 0.717) is 13.0 Å². The van der Waals surface area contributed by atoms with E-state index in [-0.39, 0.29) is 6.42 Å². The van der Waals surface area contributed by atoms with Crippen molar-refractivity contribution in [2.24, 2.45) is 10.2 Å². The van der Waals surface area contributed by atoms with Crippen LogP contribution in [0, 0.1) is 0 Å². The highest BCUT2D eigenvalue weighted by Crippen LogP contribution is 2.33. The summed E-state index contributed by atoms with van der Waals surface area (Å²) >= 11 is 0. The lowest BCUT2D eigenvalue weighted by Crippen LogP contribution is -2.59. The maximum absolute atomic E-state index is 11.6. The Morgan fingerprint density at radius 2 is 1.52 bits per heavy atom. The van der Waals surface area contributed by atoms with E-state index in [2.05, 4.69) is 20.1 Å². The van der Waals surface area contributed by atoms with Gasteiger partial charge in [0.25, 0.3) is 0 Å². The van der Waals surface area contributed by atoms with Crippen molar-refractivity contribution >= 4 is 11.9 Å². The van der Waals surface area contributed by atoms with Crippen LogP contribution in [-0.4, -0.2) is 55.2 Å². The molecule has 1 aliphatic heterocycles. The van der Waals surface area contributed by atoms with Gasteiger partial charge < -0.3 is 18.9 Å². The summed E-state index contributed by atoms with van der Waals surface area (Å²) in [5, 5.41) is 7.32. The van der Waals surface area contributed by atoms with Crippen LogP contribution in [-0.2, 0) is 28.5 Å². The molecule has 0 amide bonds. The Bertz CT molecular complexity index is 688. The highest BCUT2D eigenvalue weighted by Gasteiger charge is 2.50. The van der Waals surface area contributed by atoms with Crippen LogP contribution in [0.25, 0.3) is 20.9 Å². The summed E-state index contributed by atoms with van der Waals surface area (Å²) in [6, 6.07) is -1.72. The van der Waals surface area contributed by atoms with Gasteiger partial charge in [0.2, 0.25) is 0 Å². The number of esters is 2. The van der Waals surface area contributed by atoms with Gasteiger partial charge in [0.15, 0.2) is 12.4 Å². The van der Waals surface area contributed by atoms with Gasteiger partial charge in [-0.25, -0.2) is 0 Å². The molecule has 0 bridgehead atoms. The molecule has 1 unspecified atom stereocenters. The van der Waals surface area contributed by atoms with Gasteiger partial charge in [-0.15, -0.1) is 0 Å². The van der Waals surface area contributed by atoms with E-state index < -0.39 is 48.6 Å². The molecule has 6 atom stereocenters. The molecule has 12 heteroatoms. The molecule has 2 aliphatic rings. The van der Waals surface area contributed by atoms with Gasteiger partial charge in [-0.1, -0.05) is 36.2 Å². The van der Waals surface area contributed by atoms with Gasteiger partial charge in [-0.3, -0.25) is 9.59 Å². The fraction of sp³-hybridized carbons (Fsp3) is 0.765. The molecular weight excluding hydrogens is 384 g/mol. The Morgan fingerprint density at radius 3 is 2.00 bits per heavy atom. The fourth-order valence-corrected chi connectivity index (χ4v) is 3.11. The van der Waals surface area contributed by atoms with Crippen LogP contribution >= 0.6 is 0 Å². The quantitative estimate of drug-likeness (QED) is 0.214. The highest BCUT2D eigenvalue weighted by molar-refractivity contribution is 5.67. The first-order chi connectivity index (χ1) is 14.0. The number of carbonyl (C=O) groups is 2. The monoisotopic (exact) mass is 410 g/mol. The van der Waals surface area contributed by atoms with E-state index >= 15 is 0 Å². The van der Waals surface area contributed by atoms with Crippen LogP contribution in [0.1, 0.15) is 40.5 Å². The maximum Gasteiger partial charge on any atom is 0.303 e. The highest BCUT2D eigenvalue weighted by atomic mass is 16.7. The van der Waals surface area contributed by atoms with Crippen LogP contribution in [0.3, 0.4) is 0 Å². The first-order valence-corrected chi connectivity index (χ1v) is 9.31. The predicted octanol–water partition coefficient (Wildman–Crippen LogP) is 3.33. The molecule has 0 radical (unpaired) electrons. The van der Waals surface area contributed by atoms with E-state index in [4.69, 9.17) is 30.0 Å². The van der Waals surface area contributed by atoms with Crippen molar-refractivity contribution in [1.29, 1.82) is 0 Å². The average Bonchev–Trinajstić information content (AvgIpc) is 2.69. The Balaban J connectivity index is 0.00000204. The smallest absolute Gasteiger partial charge is 0.303 e. The SMILES string of the molecule is CC.CC(=O)O[C@@H]1[C@@H](OC(C)=O)[C@H](N=[N+]=[N-])C[C@H](N=[N+]=[N-])[C@H]1OC1CC=CCO1. The first kappa shape index (κ1) is 24.3. The Hall–Kier alpha value is -2.78. The lowest BCUT2D eigenvalue weighted by atomic mass is 9.84. The molecule has 1 saturated carbocycles. The van der Waals surface area contributed by atoms with Gasteiger partial charge in [0.05, 0.1) is 18.7 Å². The van der Waals surface area contributed by atoms with Crippen molar-refractivity contribution in [1.82, 2.24) is 0 Å². The van der Waals surface area contributed by atoms with Gasteiger partial charge in [0.1, 0.15) is 12.2 Å². The summed E-state index contributed by atoms with van der Waals surface area (Å²) in [6.45, 7) is 6.71. The average molecular weight is 410 g/mol. The molecule has 0 aromatic carbocycles. The van der Waals surface area contributed by atoms with Crippen LogP contribution in [0.2, 0.25) is 0 Å². The Labute approximate surface area is 168 Å². The van der Waals surface area contributed by atoms with Crippen molar-refractivity contribution in [2.45, 2.75) is 77.2 Å². The third kappa shape index (κ3) is 7.28. The minimum absolute atomic E-state index is 0.0526. The number of nitrogens with zero attached hydrogens (tertiary/aromatic N) is 6. The summed E-state index contributed by atoms with van der Waals surface area (Å²) in [4.78, 5) is 28.7. The Morgan fingerprint density at radius 1 is 0.966 bits per heavy atom. The molecule has 0 aromatic rings. The van der Waals surface area contributed by atoms with Gasteiger partial charge in [-0.2, -0.15) is 0 Å². The standard InChI is InChI=1S/C15H20N6O6.C2H6/c1-8(22)25-13-10(18-20-16)7-11(19-21-17)14(15(13)26-9(2)23)27-12-5-3-4-6-24-12;1-2/h3-4,10-15H,5-7H2,1-2H3;1-2H3/t10-,11+,12?,13+,14-,15-;/m1./s1. The molecule has 1 heterocycles. The number of hydrogen-bond acceptors (Lipinski definition) is 8. The maximum atomic E-state index is 11.6. The van der Waals surface area contributed by atoms with E-state index in [9.17, 15) is 9.59 Å². The molecule has 160 valence electrons. The van der Waals surface area contributed by atoms with Crippen LogP contribution in [0.15, 0.2) is 22.4 Å². The van der Waals surface area contributed by atoms with E-state index in [0.717, 1.165) is 0 Å². The molecule has 2 rings (SSSR count). The van der Waals surface area contributed by atoms with Crippen molar-refractivity contribution in [3.63, 3.8) is 0 Å². The number of carbonyl (C=O) groups excluding carboxylic acids is 2. The van der Waals surface area contributed by atoms with Crippen LogP contribution in [0.4, 0.5) is 0 Å². The Kier molecular flexibility index (Phi) is 10.6. The lowest BCUT2D eigenvalue weighted by molar-refractivity contribution is -0.229. The minimum atomic E-state index is -1.14. The number of hydrogen-bond donors (Lipinski definition) is 0. The minimum Gasteiger partial charge on any atom is -0.458 e. The third-order valence-corrected chi connectivity index (χ3v) is 4.08.